The molecule has 3 rings (SSSR count). The number of hydrogen-bond donors (Lipinski definition) is 3. The van der Waals surface area contributed by atoms with Crippen molar-refractivity contribution in [3.8, 4) is 0 Å². The predicted octanol–water partition coefficient (Wildman–Crippen LogP) is 5.25. The minimum Gasteiger partial charge on any atom is -0.464 e. The summed E-state index contributed by atoms with van der Waals surface area (Å²) in [6.07, 6.45) is 4.86. The SMILES string of the molecule is O=C(ON[C@@H](Cc1cnc[nH]1)C(=O)OCCCCBr)C(Nc1c(Cl)cccc1Cl)c1ccccc1. The molecule has 3 N–H and O–H groups in total. The number of alkyl halides is 1. The average Bonchev–Trinajstić information content (AvgIpc) is 3.38. The van der Waals surface area contributed by atoms with Gasteiger partial charge in [0.05, 0.1) is 28.7 Å². The second-order valence-corrected chi connectivity index (χ2v) is 9.13. The number of carbonyl (C=O) groups is 2. The quantitative estimate of drug-likeness (QED) is 0.109. The molecule has 0 bridgehead atoms. The molecule has 0 aliphatic carbocycles. The van der Waals surface area contributed by atoms with E-state index in [9.17, 15) is 9.59 Å². The van der Waals surface area contributed by atoms with Gasteiger partial charge >= 0.3 is 11.9 Å². The number of esters is 1. The molecule has 186 valence electrons. The molecule has 0 amide bonds. The van der Waals surface area contributed by atoms with Crippen LogP contribution >= 0.6 is 39.1 Å². The van der Waals surface area contributed by atoms with E-state index in [2.05, 4.69) is 36.7 Å². The van der Waals surface area contributed by atoms with Gasteiger partial charge in [0.2, 0.25) is 0 Å². The molecule has 1 unspecified atom stereocenters. The van der Waals surface area contributed by atoms with Crippen molar-refractivity contribution in [2.45, 2.75) is 31.3 Å². The van der Waals surface area contributed by atoms with Crippen molar-refractivity contribution in [1.82, 2.24) is 15.4 Å². The second-order valence-electron chi connectivity index (χ2n) is 7.52. The molecule has 0 spiro atoms. The zero-order valence-corrected chi connectivity index (χ0v) is 21.8. The van der Waals surface area contributed by atoms with Crippen molar-refractivity contribution in [1.29, 1.82) is 0 Å². The number of unbranched alkanes of at least 4 members (excludes halogenated alkanes) is 1. The third-order valence-electron chi connectivity index (χ3n) is 4.96. The van der Waals surface area contributed by atoms with E-state index in [1.807, 2.05) is 6.07 Å². The number of carbonyl (C=O) groups excluding carboxylic acids is 2. The Morgan fingerprint density at radius 3 is 2.43 bits per heavy atom. The van der Waals surface area contributed by atoms with E-state index in [1.165, 1.54) is 6.33 Å². The third-order valence-corrected chi connectivity index (χ3v) is 6.15. The molecule has 11 heteroatoms. The van der Waals surface area contributed by atoms with Crippen LogP contribution < -0.4 is 10.8 Å². The molecule has 3 aromatic rings. The predicted molar refractivity (Wildman–Crippen MR) is 139 cm³/mol. The summed E-state index contributed by atoms with van der Waals surface area (Å²) in [4.78, 5) is 38.2. The number of aromatic nitrogens is 2. The zero-order chi connectivity index (χ0) is 25.0. The average molecular weight is 584 g/mol. The van der Waals surface area contributed by atoms with Gasteiger partial charge in [-0.2, -0.15) is 0 Å². The number of rotatable bonds is 13. The first kappa shape index (κ1) is 27.0. The van der Waals surface area contributed by atoms with Crippen molar-refractivity contribution >= 4 is 56.8 Å². The highest BCUT2D eigenvalue weighted by atomic mass is 79.9. The van der Waals surface area contributed by atoms with Crippen LogP contribution in [-0.4, -0.2) is 39.9 Å². The number of nitrogens with one attached hydrogen (secondary N) is 3. The lowest BCUT2D eigenvalue weighted by Crippen LogP contribution is -2.42. The number of aromatic amines is 1. The minimum atomic E-state index is -0.955. The molecule has 2 atom stereocenters. The molecule has 0 aliphatic heterocycles. The number of ether oxygens (including phenoxy) is 1. The van der Waals surface area contributed by atoms with Crippen molar-refractivity contribution in [3.63, 3.8) is 0 Å². The number of anilines is 1. The summed E-state index contributed by atoms with van der Waals surface area (Å²) in [5.74, 6) is -1.23. The largest absolute Gasteiger partial charge is 0.464 e. The monoisotopic (exact) mass is 582 g/mol. The molecule has 0 saturated heterocycles. The van der Waals surface area contributed by atoms with Crippen LogP contribution in [0, 0.1) is 0 Å². The first-order valence-corrected chi connectivity index (χ1v) is 12.8. The molecule has 2 aromatic carbocycles. The van der Waals surface area contributed by atoms with Crippen LogP contribution in [0.1, 0.15) is 30.1 Å². The normalized spacial score (nSPS) is 12.5. The number of H-pyrrole nitrogens is 1. The Labute approximate surface area is 221 Å². The highest BCUT2D eigenvalue weighted by Gasteiger charge is 2.28. The van der Waals surface area contributed by atoms with Crippen molar-refractivity contribution < 1.29 is 19.2 Å². The van der Waals surface area contributed by atoms with Gasteiger partial charge in [0.15, 0.2) is 6.04 Å². The minimum absolute atomic E-state index is 0.185. The van der Waals surface area contributed by atoms with Gasteiger partial charge < -0.3 is 19.9 Å². The molecule has 35 heavy (non-hydrogen) atoms. The maximum Gasteiger partial charge on any atom is 0.351 e. The fraction of sp³-hybridized carbons (Fsp3) is 0.292. The molecule has 0 saturated carbocycles. The van der Waals surface area contributed by atoms with Crippen LogP contribution in [0.2, 0.25) is 10.0 Å². The van der Waals surface area contributed by atoms with Gasteiger partial charge in [-0.1, -0.05) is 75.5 Å². The van der Waals surface area contributed by atoms with Gasteiger partial charge in [0, 0.05) is 23.6 Å². The summed E-state index contributed by atoms with van der Waals surface area (Å²) in [5, 5.41) is 4.58. The van der Waals surface area contributed by atoms with Crippen LogP contribution in [0.15, 0.2) is 61.1 Å². The molecule has 0 aliphatic rings. The van der Waals surface area contributed by atoms with Crippen molar-refractivity contribution in [2.75, 3.05) is 17.3 Å². The number of hydroxylamine groups is 1. The summed E-state index contributed by atoms with van der Waals surface area (Å²) >= 11 is 15.9. The molecule has 1 heterocycles. The number of nitrogens with zero attached hydrogens (tertiary/aromatic N) is 1. The van der Waals surface area contributed by atoms with Crippen molar-refractivity contribution in [3.05, 3.63) is 82.4 Å². The van der Waals surface area contributed by atoms with Crippen LogP contribution in [0.25, 0.3) is 0 Å². The lowest BCUT2D eigenvalue weighted by Gasteiger charge is -2.22. The Bertz CT molecular complexity index is 1070. The summed E-state index contributed by atoms with van der Waals surface area (Å²) in [6.45, 7) is 0.263. The fourth-order valence-electron chi connectivity index (χ4n) is 3.15. The lowest BCUT2D eigenvalue weighted by atomic mass is 10.1. The lowest BCUT2D eigenvalue weighted by molar-refractivity contribution is -0.161. The summed E-state index contributed by atoms with van der Waals surface area (Å²) < 4.78 is 5.36. The van der Waals surface area contributed by atoms with Gasteiger partial charge in [-0.3, -0.25) is 4.79 Å². The summed E-state index contributed by atoms with van der Waals surface area (Å²) in [5.41, 5.74) is 4.27. The van der Waals surface area contributed by atoms with Gasteiger partial charge in [0.25, 0.3) is 0 Å². The molecular formula is C24H25BrCl2N4O4. The van der Waals surface area contributed by atoms with E-state index in [1.54, 1.807) is 48.7 Å². The Morgan fingerprint density at radius 1 is 1.03 bits per heavy atom. The second kappa shape index (κ2) is 14.1. The van der Waals surface area contributed by atoms with Gasteiger partial charge in [0.1, 0.15) is 6.04 Å². The number of benzene rings is 2. The Morgan fingerprint density at radius 2 is 1.77 bits per heavy atom. The van der Waals surface area contributed by atoms with Gasteiger partial charge in [-0.25, -0.2) is 9.78 Å². The van der Waals surface area contributed by atoms with E-state index in [0.29, 0.717) is 33.4 Å². The highest BCUT2D eigenvalue weighted by Crippen LogP contribution is 2.33. The van der Waals surface area contributed by atoms with Crippen molar-refractivity contribution in [2.24, 2.45) is 0 Å². The Kier molecular flexibility index (Phi) is 10.9. The molecule has 0 fully saturated rings. The van der Waals surface area contributed by atoms with Crippen LogP contribution in [0.5, 0.6) is 0 Å². The van der Waals surface area contributed by atoms with Crippen LogP contribution in [0.4, 0.5) is 5.69 Å². The third kappa shape index (κ3) is 8.24. The van der Waals surface area contributed by atoms with Crippen LogP contribution in [0.3, 0.4) is 0 Å². The number of hydrogen-bond acceptors (Lipinski definition) is 7. The molecule has 1 aromatic heterocycles. The van der Waals surface area contributed by atoms with Crippen LogP contribution in [-0.2, 0) is 25.6 Å². The van der Waals surface area contributed by atoms with Gasteiger partial charge in [-0.05, 0) is 30.5 Å². The van der Waals surface area contributed by atoms with E-state index < -0.39 is 24.0 Å². The summed E-state index contributed by atoms with van der Waals surface area (Å²) in [6, 6.07) is 12.1. The topological polar surface area (TPSA) is 105 Å². The highest BCUT2D eigenvalue weighted by molar-refractivity contribution is 9.09. The Balaban J connectivity index is 1.74. The standard InChI is InChI=1S/C24H25BrCl2N4O4/c25-11-4-5-12-34-23(32)20(13-17-14-28-15-29-17)31-35-24(33)21(16-7-2-1-3-8-16)30-22-18(26)9-6-10-19(22)27/h1-3,6-10,14-15,20-21,30-31H,4-5,11-13H2,(H,28,29)/t20-,21?/m0/s1. The number of halogens is 3. The van der Waals surface area contributed by atoms with E-state index in [0.717, 1.165) is 11.8 Å². The zero-order valence-electron chi connectivity index (χ0n) is 18.7. The Hall–Kier alpha value is -2.59. The molecule has 0 radical (unpaired) electrons. The first-order valence-electron chi connectivity index (χ1n) is 10.9. The first-order chi connectivity index (χ1) is 17.0. The molecular weight excluding hydrogens is 559 g/mol. The van der Waals surface area contributed by atoms with Gasteiger partial charge in [-0.15, -0.1) is 5.48 Å². The number of para-hydroxylation sites is 1. The maximum absolute atomic E-state index is 13.2. The smallest absolute Gasteiger partial charge is 0.351 e. The fourth-order valence-corrected chi connectivity index (χ4v) is 4.05. The molecule has 8 nitrogen and oxygen atoms in total. The van der Waals surface area contributed by atoms with E-state index in [4.69, 9.17) is 32.8 Å². The summed E-state index contributed by atoms with van der Waals surface area (Å²) in [7, 11) is 0. The maximum atomic E-state index is 13.2. The van der Waals surface area contributed by atoms with E-state index in [-0.39, 0.29) is 13.0 Å². The van der Waals surface area contributed by atoms with E-state index >= 15 is 0 Å². The number of imidazole rings is 1.